The number of carbonyl (C=O) groups is 2. The number of benzene rings is 1. The lowest BCUT2D eigenvalue weighted by Gasteiger charge is -2.35. The zero-order valence-electron chi connectivity index (χ0n) is 14.0. The first kappa shape index (κ1) is 15.2. The Labute approximate surface area is 141 Å². The first-order valence-corrected chi connectivity index (χ1v) is 8.48. The summed E-state index contributed by atoms with van der Waals surface area (Å²) in [6, 6.07) is 7.14. The third kappa shape index (κ3) is 2.14. The fraction of sp³-hybridized carbons (Fsp3) is 0.474. The Balaban J connectivity index is 1.79. The fourth-order valence-electron chi connectivity index (χ4n) is 4.16. The van der Waals surface area contributed by atoms with Crippen LogP contribution in [0.2, 0.25) is 0 Å². The van der Waals surface area contributed by atoms with Crippen LogP contribution in [0.25, 0.3) is 0 Å². The van der Waals surface area contributed by atoms with E-state index in [1.165, 1.54) is 0 Å². The number of ether oxygens (including phenoxy) is 2. The summed E-state index contributed by atoms with van der Waals surface area (Å²) in [7, 11) is 3.33. The van der Waals surface area contributed by atoms with E-state index in [1.807, 2.05) is 24.3 Å². The van der Waals surface area contributed by atoms with Gasteiger partial charge in [-0.25, -0.2) is 0 Å². The minimum absolute atomic E-state index is 0.0893. The molecule has 3 unspecified atom stereocenters. The number of rotatable bonds is 2. The largest absolute Gasteiger partial charge is 0.497 e. The Morgan fingerprint density at radius 1 is 1.21 bits per heavy atom. The predicted octanol–water partition coefficient (Wildman–Crippen LogP) is 2.62. The molecule has 1 aromatic rings. The molecule has 0 saturated heterocycles. The van der Waals surface area contributed by atoms with E-state index in [-0.39, 0.29) is 29.5 Å². The summed E-state index contributed by atoms with van der Waals surface area (Å²) in [5, 5.41) is 0. The normalized spacial score (nSPS) is 29.2. The molecule has 5 nitrogen and oxygen atoms in total. The van der Waals surface area contributed by atoms with Crippen molar-refractivity contribution < 1.29 is 19.1 Å². The van der Waals surface area contributed by atoms with E-state index < -0.39 is 6.04 Å². The van der Waals surface area contributed by atoms with Crippen LogP contribution >= 0.6 is 0 Å². The summed E-state index contributed by atoms with van der Waals surface area (Å²) >= 11 is 0. The van der Waals surface area contributed by atoms with E-state index >= 15 is 0 Å². The molecule has 24 heavy (non-hydrogen) atoms. The number of fused-ring (bicyclic) bond motifs is 1. The zero-order chi connectivity index (χ0) is 16.8. The van der Waals surface area contributed by atoms with Crippen LogP contribution in [0.4, 0.5) is 0 Å². The van der Waals surface area contributed by atoms with Crippen LogP contribution in [-0.4, -0.2) is 36.9 Å². The fourth-order valence-corrected chi connectivity index (χ4v) is 4.16. The molecule has 1 fully saturated rings. The number of amides is 1. The second-order valence-electron chi connectivity index (χ2n) is 6.75. The van der Waals surface area contributed by atoms with Gasteiger partial charge in [0.1, 0.15) is 11.9 Å². The minimum Gasteiger partial charge on any atom is -0.497 e. The van der Waals surface area contributed by atoms with Crippen molar-refractivity contribution in [3.63, 3.8) is 0 Å². The molecule has 126 valence electrons. The zero-order valence-corrected chi connectivity index (χ0v) is 14.0. The molecular formula is C19H21NO4. The molecule has 1 amide bonds. The summed E-state index contributed by atoms with van der Waals surface area (Å²) in [4.78, 5) is 27.4. The minimum atomic E-state index is -0.391. The molecule has 0 spiro atoms. The molecule has 3 atom stereocenters. The standard InChI is InChI=1S/C19H21NO4/c1-20-16(11-6-5-7-12(10-11)23-2)15-17(21)13-8-3-4-9-14(13)24-18(15)19(20)22/h5-7,10,13-14,16H,3-4,8-9H2,1-2H3. The number of hydrogen-bond donors (Lipinski definition) is 0. The highest BCUT2D eigenvalue weighted by molar-refractivity contribution is 6.11. The van der Waals surface area contributed by atoms with Crippen LogP contribution < -0.4 is 4.74 Å². The molecule has 1 aliphatic carbocycles. The Morgan fingerprint density at radius 3 is 2.79 bits per heavy atom. The van der Waals surface area contributed by atoms with Crippen molar-refractivity contribution in [3.05, 3.63) is 41.2 Å². The van der Waals surface area contributed by atoms with Crippen LogP contribution in [0.15, 0.2) is 35.6 Å². The maximum absolute atomic E-state index is 13.1. The molecule has 0 bridgehead atoms. The van der Waals surface area contributed by atoms with Gasteiger partial charge in [0, 0.05) is 7.05 Å². The monoisotopic (exact) mass is 327 g/mol. The average molecular weight is 327 g/mol. The maximum Gasteiger partial charge on any atom is 0.289 e. The molecule has 5 heteroatoms. The summed E-state index contributed by atoms with van der Waals surface area (Å²) < 4.78 is 11.3. The SMILES string of the molecule is COc1cccc(C2C3=C(OC4CCCCC4C3=O)C(=O)N2C)c1. The maximum atomic E-state index is 13.1. The number of nitrogens with zero attached hydrogens (tertiary/aromatic N) is 1. The highest BCUT2D eigenvalue weighted by Gasteiger charge is 2.50. The smallest absolute Gasteiger partial charge is 0.289 e. The summed E-state index contributed by atoms with van der Waals surface area (Å²) in [5.74, 6) is 0.757. The third-order valence-corrected chi connectivity index (χ3v) is 5.40. The molecule has 1 saturated carbocycles. The molecule has 0 radical (unpaired) electrons. The summed E-state index contributed by atoms with van der Waals surface area (Å²) in [6.45, 7) is 0. The quantitative estimate of drug-likeness (QED) is 0.838. The van der Waals surface area contributed by atoms with E-state index in [0.29, 0.717) is 11.3 Å². The number of Topliss-reactive ketones (excluding diaryl/α,β-unsaturated/α-hetero) is 1. The Bertz CT molecular complexity index is 739. The Kier molecular flexibility index (Phi) is 3.59. The van der Waals surface area contributed by atoms with Crippen molar-refractivity contribution in [2.45, 2.75) is 37.8 Å². The molecular weight excluding hydrogens is 306 g/mol. The summed E-state index contributed by atoms with van der Waals surface area (Å²) in [6.07, 6.45) is 3.68. The van der Waals surface area contributed by atoms with Gasteiger partial charge in [0.2, 0.25) is 0 Å². The molecule has 4 rings (SSSR count). The van der Waals surface area contributed by atoms with E-state index in [2.05, 4.69) is 0 Å². The van der Waals surface area contributed by atoms with Gasteiger partial charge >= 0.3 is 0 Å². The van der Waals surface area contributed by atoms with Crippen molar-refractivity contribution in [2.24, 2.45) is 5.92 Å². The van der Waals surface area contributed by atoms with Crippen LogP contribution in [0, 0.1) is 5.92 Å². The van der Waals surface area contributed by atoms with Gasteiger partial charge in [-0.3, -0.25) is 9.59 Å². The third-order valence-electron chi connectivity index (χ3n) is 5.40. The molecule has 0 aromatic heterocycles. The molecule has 2 aliphatic heterocycles. The number of likely N-dealkylation sites (N-methyl/N-ethyl adjacent to an activating group) is 1. The Morgan fingerprint density at radius 2 is 2.00 bits per heavy atom. The van der Waals surface area contributed by atoms with Crippen molar-refractivity contribution in [1.82, 2.24) is 4.90 Å². The van der Waals surface area contributed by atoms with Gasteiger partial charge in [0.05, 0.1) is 24.6 Å². The van der Waals surface area contributed by atoms with Crippen molar-refractivity contribution >= 4 is 11.7 Å². The number of hydrogen-bond acceptors (Lipinski definition) is 4. The second kappa shape index (κ2) is 5.65. The van der Waals surface area contributed by atoms with E-state index in [1.54, 1.807) is 19.1 Å². The lowest BCUT2D eigenvalue weighted by atomic mass is 9.77. The number of ketones is 1. The van der Waals surface area contributed by atoms with Crippen molar-refractivity contribution in [2.75, 3.05) is 14.2 Å². The van der Waals surface area contributed by atoms with E-state index in [4.69, 9.17) is 9.47 Å². The van der Waals surface area contributed by atoms with Gasteiger partial charge < -0.3 is 14.4 Å². The first-order valence-electron chi connectivity index (χ1n) is 8.48. The average Bonchev–Trinajstić information content (AvgIpc) is 2.87. The van der Waals surface area contributed by atoms with Crippen molar-refractivity contribution in [3.8, 4) is 5.75 Å². The predicted molar refractivity (Wildman–Crippen MR) is 87.4 cm³/mol. The summed E-state index contributed by atoms with van der Waals surface area (Å²) in [5.41, 5.74) is 1.40. The van der Waals surface area contributed by atoms with Gasteiger partial charge in [-0.2, -0.15) is 0 Å². The topological polar surface area (TPSA) is 55.8 Å². The van der Waals surface area contributed by atoms with Crippen LogP contribution in [0.3, 0.4) is 0 Å². The van der Waals surface area contributed by atoms with Gasteiger partial charge in [0.25, 0.3) is 5.91 Å². The number of carbonyl (C=O) groups excluding carboxylic acids is 2. The highest BCUT2D eigenvalue weighted by atomic mass is 16.5. The van der Waals surface area contributed by atoms with Crippen molar-refractivity contribution in [1.29, 1.82) is 0 Å². The van der Waals surface area contributed by atoms with E-state index in [0.717, 1.165) is 31.2 Å². The highest BCUT2D eigenvalue weighted by Crippen LogP contribution is 2.46. The molecule has 3 aliphatic rings. The second-order valence-corrected chi connectivity index (χ2v) is 6.75. The Hall–Kier alpha value is -2.30. The van der Waals surface area contributed by atoms with Crippen LogP contribution in [-0.2, 0) is 14.3 Å². The van der Waals surface area contributed by atoms with Gasteiger partial charge in [-0.05, 0) is 37.0 Å². The lowest BCUT2D eigenvalue weighted by Crippen LogP contribution is -2.39. The van der Waals surface area contributed by atoms with E-state index in [9.17, 15) is 9.59 Å². The lowest BCUT2D eigenvalue weighted by molar-refractivity contribution is -0.134. The molecule has 1 aromatic carbocycles. The number of methoxy groups -OCH3 is 1. The van der Waals surface area contributed by atoms with Crippen LogP contribution in [0.1, 0.15) is 37.3 Å². The van der Waals surface area contributed by atoms with Crippen LogP contribution in [0.5, 0.6) is 5.75 Å². The van der Waals surface area contributed by atoms with Gasteiger partial charge in [-0.15, -0.1) is 0 Å². The molecule has 2 heterocycles. The first-order chi connectivity index (χ1) is 11.6. The molecule has 0 N–H and O–H groups in total. The van der Waals surface area contributed by atoms with Gasteiger partial charge in [-0.1, -0.05) is 18.6 Å². The van der Waals surface area contributed by atoms with Gasteiger partial charge in [0.15, 0.2) is 11.5 Å².